The molecule has 2 aromatic rings. The lowest BCUT2D eigenvalue weighted by Gasteiger charge is -2.16. The Labute approximate surface area is 115 Å². The molecule has 0 spiro atoms. The molecule has 0 aliphatic rings. The highest BCUT2D eigenvalue weighted by Gasteiger charge is 2.49. The van der Waals surface area contributed by atoms with Crippen LogP contribution in [0.5, 0.6) is 0 Å². The lowest BCUT2D eigenvalue weighted by atomic mass is 10.1. The number of rotatable bonds is 4. The molecule has 0 radical (unpaired) electrons. The van der Waals surface area contributed by atoms with E-state index in [9.17, 15) is 22.4 Å². The lowest BCUT2D eigenvalue weighted by molar-refractivity contribution is -0.163. The fourth-order valence-electron chi connectivity index (χ4n) is 1.47. The van der Waals surface area contributed by atoms with Gasteiger partial charge >= 0.3 is 18.3 Å². The van der Waals surface area contributed by atoms with Crippen molar-refractivity contribution in [2.24, 2.45) is 0 Å². The number of nitrogens with one attached hydrogen (secondary N) is 1. The zero-order valence-electron chi connectivity index (χ0n) is 10.6. The maximum absolute atomic E-state index is 12.9. The summed E-state index contributed by atoms with van der Waals surface area (Å²) in [5.74, 6) is -6.84. The molecule has 1 aromatic heterocycles. The third-order valence-electron chi connectivity index (χ3n) is 2.66. The second kappa shape index (κ2) is 5.46. The Balaban J connectivity index is 2.28. The van der Waals surface area contributed by atoms with Crippen LogP contribution >= 0.6 is 0 Å². The first-order valence-electron chi connectivity index (χ1n) is 5.64. The summed E-state index contributed by atoms with van der Waals surface area (Å²) in [6, 6.07) is 4.38. The van der Waals surface area contributed by atoms with E-state index in [2.05, 4.69) is 15.5 Å². The molecule has 1 amide bonds. The number of carbonyl (C=O) groups excluding carboxylic acids is 1. The molecule has 112 valence electrons. The van der Waals surface area contributed by atoms with Crippen LogP contribution in [0.15, 0.2) is 24.5 Å². The van der Waals surface area contributed by atoms with Crippen LogP contribution in [0.1, 0.15) is 5.56 Å². The van der Waals surface area contributed by atoms with Gasteiger partial charge in [-0.1, -0.05) is 6.07 Å². The van der Waals surface area contributed by atoms with Gasteiger partial charge in [-0.05, 0) is 35.0 Å². The number of aromatic nitrogens is 4. The van der Waals surface area contributed by atoms with Crippen molar-refractivity contribution in [1.29, 1.82) is 0 Å². The van der Waals surface area contributed by atoms with Gasteiger partial charge in [0.2, 0.25) is 0 Å². The summed E-state index contributed by atoms with van der Waals surface area (Å²) in [6.45, 7) is 1.53. The number of benzene rings is 1. The minimum Gasteiger partial charge on any atom is -0.320 e. The number of alkyl halides is 4. The van der Waals surface area contributed by atoms with E-state index >= 15 is 0 Å². The van der Waals surface area contributed by atoms with Crippen molar-refractivity contribution < 1.29 is 22.4 Å². The van der Waals surface area contributed by atoms with E-state index in [1.807, 2.05) is 0 Å². The predicted octanol–water partition coefficient (Wildman–Crippen LogP) is 1.81. The number of hydrogen-bond donors (Lipinski definition) is 1. The number of hydrogen-bond acceptors (Lipinski definition) is 4. The van der Waals surface area contributed by atoms with Crippen LogP contribution < -0.4 is 5.32 Å². The molecule has 0 atom stereocenters. The van der Waals surface area contributed by atoms with Crippen LogP contribution in [0.25, 0.3) is 5.69 Å². The molecule has 0 saturated heterocycles. The first kappa shape index (κ1) is 14.9. The number of tetrazole rings is 1. The Bertz CT molecular complexity index is 644. The van der Waals surface area contributed by atoms with Crippen molar-refractivity contribution in [1.82, 2.24) is 20.2 Å². The molecular weight excluding hydrogens is 294 g/mol. The van der Waals surface area contributed by atoms with Gasteiger partial charge in [-0.25, -0.2) is 13.5 Å². The van der Waals surface area contributed by atoms with E-state index < -0.39 is 18.3 Å². The Morgan fingerprint density at radius 1 is 1.38 bits per heavy atom. The highest BCUT2D eigenvalue weighted by molar-refractivity contribution is 5.97. The van der Waals surface area contributed by atoms with Gasteiger partial charge in [-0.3, -0.25) is 4.79 Å². The number of nitrogens with zero attached hydrogens (tertiary/aromatic N) is 4. The summed E-state index contributed by atoms with van der Waals surface area (Å²) in [5.41, 5.74) is 0.764. The molecule has 1 heterocycles. The predicted molar refractivity (Wildman–Crippen MR) is 63.5 cm³/mol. The molecule has 1 aromatic carbocycles. The van der Waals surface area contributed by atoms with Gasteiger partial charge in [0, 0.05) is 5.69 Å². The second-order valence-corrected chi connectivity index (χ2v) is 4.13. The topological polar surface area (TPSA) is 72.7 Å². The Morgan fingerprint density at radius 2 is 2.10 bits per heavy atom. The Hall–Kier alpha value is -2.52. The molecule has 0 aliphatic carbocycles. The minimum absolute atomic E-state index is 0.0340. The Kier molecular flexibility index (Phi) is 3.87. The van der Waals surface area contributed by atoms with E-state index in [1.54, 1.807) is 11.4 Å². The van der Waals surface area contributed by atoms with Crippen LogP contribution in [0.2, 0.25) is 0 Å². The van der Waals surface area contributed by atoms with Crippen LogP contribution in [0, 0.1) is 6.92 Å². The number of aryl methyl sites for hydroxylation is 1. The molecule has 21 heavy (non-hydrogen) atoms. The first-order valence-corrected chi connectivity index (χ1v) is 5.64. The van der Waals surface area contributed by atoms with Crippen LogP contribution in [0.4, 0.5) is 23.2 Å². The summed E-state index contributed by atoms with van der Waals surface area (Å²) < 4.78 is 51.3. The van der Waals surface area contributed by atoms with E-state index in [-0.39, 0.29) is 5.69 Å². The monoisotopic (exact) mass is 303 g/mol. The van der Waals surface area contributed by atoms with Gasteiger partial charge in [0.1, 0.15) is 6.33 Å². The first-order chi connectivity index (χ1) is 9.82. The molecule has 2 rings (SSSR count). The summed E-state index contributed by atoms with van der Waals surface area (Å²) in [7, 11) is 0. The molecule has 0 aliphatic heterocycles. The maximum Gasteiger partial charge on any atom is 0.383 e. The average Bonchev–Trinajstić information content (AvgIpc) is 2.94. The van der Waals surface area contributed by atoms with Gasteiger partial charge in [-0.15, -0.1) is 5.10 Å². The van der Waals surface area contributed by atoms with Gasteiger partial charge in [-0.2, -0.15) is 8.78 Å². The zero-order chi connectivity index (χ0) is 15.6. The van der Waals surface area contributed by atoms with Crippen molar-refractivity contribution in [2.45, 2.75) is 19.3 Å². The average molecular weight is 303 g/mol. The number of amides is 1. The van der Waals surface area contributed by atoms with Gasteiger partial charge < -0.3 is 5.32 Å². The van der Waals surface area contributed by atoms with E-state index in [0.29, 0.717) is 11.3 Å². The van der Waals surface area contributed by atoms with Gasteiger partial charge in [0.25, 0.3) is 0 Å². The highest BCUT2D eigenvalue weighted by atomic mass is 19.3. The van der Waals surface area contributed by atoms with Gasteiger partial charge in [0.15, 0.2) is 0 Å². The fourth-order valence-corrected chi connectivity index (χ4v) is 1.47. The van der Waals surface area contributed by atoms with Crippen molar-refractivity contribution in [3.8, 4) is 5.69 Å². The highest BCUT2D eigenvalue weighted by Crippen LogP contribution is 2.26. The quantitative estimate of drug-likeness (QED) is 0.874. The fraction of sp³-hybridized carbons (Fsp3) is 0.273. The minimum atomic E-state index is -4.77. The Morgan fingerprint density at radius 3 is 2.67 bits per heavy atom. The van der Waals surface area contributed by atoms with Crippen molar-refractivity contribution in [2.75, 3.05) is 5.32 Å². The largest absolute Gasteiger partial charge is 0.383 e. The SMILES string of the molecule is Cc1ccc(-n2cnnn2)cc1NC(=O)C(F)(F)C(F)F. The van der Waals surface area contributed by atoms with Crippen LogP contribution in [-0.4, -0.2) is 38.5 Å². The van der Waals surface area contributed by atoms with E-state index in [0.717, 1.165) is 0 Å². The summed E-state index contributed by atoms with van der Waals surface area (Å²) in [4.78, 5) is 11.2. The maximum atomic E-state index is 12.9. The van der Waals surface area contributed by atoms with Crippen LogP contribution in [0.3, 0.4) is 0 Å². The molecule has 6 nitrogen and oxygen atoms in total. The second-order valence-electron chi connectivity index (χ2n) is 4.13. The van der Waals surface area contributed by atoms with Gasteiger partial charge in [0.05, 0.1) is 5.69 Å². The molecule has 0 saturated carbocycles. The summed E-state index contributed by atoms with van der Waals surface area (Å²) >= 11 is 0. The summed E-state index contributed by atoms with van der Waals surface area (Å²) in [6.07, 6.45) is -2.83. The van der Waals surface area contributed by atoms with Crippen molar-refractivity contribution in [3.05, 3.63) is 30.1 Å². The van der Waals surface area contributed by atoms with Crippen LogP contribution in [-0.2, 0) is 4.79 Å². The van der Waals surface area contributed by atoms with E-state index in [1.165, 1.54) is 30.1 Å². The number of halogens is 4. The molecule has 1 N–H and O–H groups in total. The number of anilines is 1. The van der Waals surface area contributed by atoms with E-state index in [4.69, 9.17) is 0 Å². The standard InChI is InChI=1S/C11H9F4N5O/c1-6-2-3-7(20-5-16-18-19-20)4-8(6)17-10(21)11(14,15)9(12)13/h2-5,9H,1H3,(H,17,21). The molecule has 0 unspecified atom stereocenters. The third kappa shape index (κ3) is 2.98. The third-order valence-corrected chi connectivity index (χ3v) is 2.66. The normalized spacial score (nSPS) is 11.7. The zero-order valence-corrected chi connectivity index (χ0v) is 10.6. The molecule has 10 heteroatoms. The lowest BCUT2D eigenvalue weighted by Crippen LogP contribution is -2.41. The van der Waals surface area contributed by atoms with Crippen molar-refractivity contribution in [3.63, 3.8) is 0 Å². The molecular formula is C11H9F4N5O. The summed E-state index contributed by atoms with van der Waals surface area (Å²) in [5, 5.41) is 12.2. The smallest absolute Gasteiger partial charge is 0.320 e. The number of carbonyl (C=O) groups is 1. The molecule has 0 bridgehead atoms. The molecule has 0 fully saturated rings. The van der Waals surface area contributed by atoms with Crippen molar-refractivity contribution >= 4 is 11.6 Å².